The van der Waals surface area contributed by atoms with Crippen LogP contribution in [0.1, 0.15) is 70.1 Å². The van der Waals surface area contributed by atoms with Crippen molar-refractivity contribution in [3.8, 4) is 0 Å². The number of benzene rings is 6. The largest absolute Gasteiger partial charge is 0.335 e. The molecule has 0 N–H and O–H groups in total. The first kappa shape index (κ1) is 29.5. The zero-order valence-corrected chi connectivity index (χ0v) is 29.9. The lowest BCUT2D eigenvalue weighted by atomic mass is 9.33. The minimum atomic E-state index is -0.129. The number of hydrogen-bond donors (Lipinski definition) is 0. The van der Waals surface area contributed by atoms with Gasteiger partial charge in [-0.2, -0.15) is 0 Å². The second-order valence-corrected chi connectivity index (χ2v) is 16.5. The Balaban J connectivity index is 1.25. The summed E-state index contributed by atoms with van der Waals surface area (Å²) in [7, 11) is 0. The molecule has 4 heterocycles. The van der Waals surface area contributed by atoms with E-state index in [0.717, 1.165) is 0 Å². The average Bonchev–Trinajstić information content (AvgIpc) is 3.38. The van der Waals surface area contributed by atoms with E-state index in [1.165, 1.54) is 98.7 Å². The third-order valence-electron chi connectivity index (χ3n) is 13.7. The molecule has 0 spiro atoms. The Kier molecular flexibility index (Phi) is 5.77. The van der Waals surface area contributed by atoms with Gasteiger partial charge in [-0.1, -0.05) is 119 Å². The molecular formula is C47H42BN3. The number of anilines is 8. The van der Waals surface area contributed by atoms with E-state index in [4.69, 9.17) is 0 Å². The highest BCUT2D eigenvalue weighted by Crippen LogP contribution is 2.64. The fourth-order valence-corrected chi connectivity index (χ4v) is 11.1. The molecule has 2 unspecified atom stereocenters. The van der Waals surface area contributed by atoms with E-state index in [0.29, 0.717) is 0 Å². The van der Waals surface area contributed by atoms with Crippen molar-refractivity contribution >= 4 is 68.6 Å². The second kappa shape index (κ2) is 9.97. The van der Waals surface area contributed by atoms with Crippen molar-refractivity contribution in [2.45, 2.75) is 69.7 Å². The van der Waals surface area contributed by atoms with Crippen LogP contribution < -0.4 is 31.1 Å². The molecule has 11 rings (SSSR count). The summed E-state index contributed by atoms with van der Waals surface area (Å²) in [6, 6.07) is 50.2. The summed E-state index contributed by atoms with van der Waals surface area (Å²) in [5, 5.41) is 0. The van der Waals surface area contributed by atoms with Crippen molar-refractivity contribution < 1.29 is 0 Å². The monoisotopic (exact) mass is 659 g/mol. The third-order valence-corrected chi connectivity index (χ3v) is 13.7. The van der Waals surface area contributed by atoms with Crippen LogP contribution in [0.3, 0.4) is 0 Å². The van der Waals surface area contributed by atoms with Crippen LogP contribution in [-0.4, -0.2) is 12.3 Å². The number of nitrogens with zero attached hydrogens (tertiary/aromatic N) is 3. The molecule has 1 aliphatic carbocycles. The first-order valence-corrected chi connectivity index (χ1v) is 18.9. The Bertz CT molecular complexity index is 2380. The lowest BCUT2D eigenvalue weighted by Gasteiger charge is -2.53. The summed E-state index contributed by atoms with van der Waals surface area (Å²) >= 11 is 0. The molecule has 4 heteroatoms. The molecule has 1 fully saturated rings. The van der Waals surface area contributed by atoms with E-state index >= 15 is 0 Å². The lowest BCUT2D eigenvalue weighted by molar-refractivity contribution is 0.195. The van der Waals surface area contributed by atoms with Crippen molar-refractivity contribution in [1.29, 1.82) is 0 Å². The second-order valence-electron chi connectivity index (χ2n) is 16.5. The summed E-state index contributed by atoms with van der Waals surface area (Å²) in [5.41, 5.74) is 19.1. The van der Waals surface area contributed by atoms with E-state index in [1.807, 2.05) is 0 Å². The van der Waals surface area contributed by atoms with Crippen LogP contribution in [0.25, 0.3) is 0 Å². The molecule has 5 aliphatic rings. The van der Waals surface area contributed by atoms with Crippen LogP contribution in [-0.2, 0) is 10.8 Å². The predicted molar refractivity (Wildman–Crippen MR) is 215 cm³/mol. The van der Waals surface area contributed by atoms with Gasteiger partial charge in [-0.15, -0.1) is 0 Å². The maximum absolute atomic E-state index is 2.86. The normalized spacial score (nSPS) is 22.4. The maximum atomic E-state index is 2.86. The molecule has 2 atom stereocenters. The molecule has 0 saturated heterocycles. The Morgan fingerprint density at radius 3 is 1.90 bits per heavy atom. The SMILES string of the molecule is CC1(C)c2ccccc2N2c3ccccc3B3c4ccc(N(c5ccccc5)c5ccccc5)cc4N4c5c(cc1c2c53)C1(C)CCCCC41C. The molecule has 248 valence electrons. The van der Waals surface area contributed by atoms with Crippen LogP contribution in [0.4, 0.5) is 45.5 Å². The molecule has 3 nitrogen and oxygen atoms in total. The topological polar surface area (TPSA) is 9.72 Å². The average molecular weight is 660 g/mol. The van der Waals surface area contributed by atoms with Gasteiger partial charge in [-0.3, -0.25) is 0 Å². The van der Waals surface area contributed by atoms with Gasteiger partial charge in [0.05, 0.1) is 11.2 Å². The highest BCUT2D eigenvalue weighted by Gasteiger charge is 2.62. The highest BCUT2D eigenvalue weighted by atomic mass is 15.3. The van der Waals surface area contributed by atoms with E-state index in [2.05, 4.69) is 176 Å². The smallest absolute Gasteiger partial charge is 0.252 e. The number of rotatable bonds is 3. The van der Waals surface area contributed by atoms with Crippen LogP contribution >= 0.6 is 0 Å². The number of hydrogen-bond acceptors (Lipinski definition) is 3. The summed E-state index contributed by atoms with van der Waals surface area (Å²) < 4.78 is 0. The Morgan fingerprint density at radius 2 is 1.16 bits per heavy atom. The maximum Gasteiger partial charge on any atom is 0.252 e. The number of para-hydroxylation sites is 4. The summed E-state index contributed by atoms with van der Waals surface area (Å²) in [4.78, 5) is 7.92. The van der Waals surface area contributed by atoms with Crippen LogP contribution in [0, 0.1) is 0 Å². The molecule has 0 aromatic heterocycles. The van der Waals surface area contributed by atoms with Crippen LogP contribution in [0.15, 0.2) is 133 Å². The molecule has 6 aromatic rings. The van der Waals surface area contributed by atoms with Gasteiger partial charge >= 0.3 is 0 Å². The fraction of sp³-hybridized carbons (Fsp3) is 0.234. The van der Waals surface area contributed by atoms with Crippen LogP contribution in [0.5, 0.6) is 0 Å². The van der Waals surface area contributed by atoms with Gasteiger partial charge < -0.3 is 14.7 Å². The Hall–Kier alpha value is -5.22. The van der Waals surface area contributed by atoms with Crippen molar-refractivity contribution in [2.24, 2.45) is 0 Å². The Morgan fingerprint density at radius 1 is 0.529 bits per heavy atom. The summed E-state index contributed by atoms with van der Waals surface area (Å²) in [6.45, 7) is 10.3. The van der Waals surface area contributed by atoms with Gasteiger partial charge in [0.15, 0.2) is 0 Å². The van der Waals surface area contributed by atoms with E-state index in [9.17, 15) is 0 Å². The van der Waals surface area contributed by atoms with Crippen molar-refractivity contribution in [1.82, 2.24) is 0 Å². The first-order valence-electron chi connectivity index (χ1n) is 18.9. The highest BCUT2D eigenvalue weighted by molar-refractivity contribution is 7.00. The quantitative estimate of drug-likeness (QED) is 0.175. The van der Waals surface area contributed by atoms with Crippen molar-refractivity contribution in [3.05, 3.63) is 150 Å². The van der Waals surface area contributed by atoms with Crippen molar-refractivity contribution in [2.75, 3.05) is 14.7 Å². The molecule has 4 aliphatic heterocycles. The molecule has 0 amide bonds. The molecule has 1 saturated carbocycles. The summed E-state index contributed by atoms with van der Waals surface area (Å²) in [5.74, 6) is 0. The molecule has 0 radical (unpaired) electrons. The van der Waals surface area contributed by atoms with E-state index < -0.39 is 0 Å². The van der Waals surface area contributed by atoms with Gasteiger partial charge in [-0.05, 0) is 101 Å². The Labute approximate surface area is 302 Å². The van der Waals surface area contributed by atoms with Gasteiger partial charge in [0.25, 0.3) is 6.71 Å². The predicted octanol–water partition coefficient (Wildman–Crippen LogP) is 10.2. The van der Waals surface area contributed by atoms with Gasteiger partial charge in [0.2, 0.25) is 0 Å². The number of fused-ring (bicyclic) bond motifs is 11. The fourth-order valence-electron chi connectivity index (χ4n) is 11.1. The van der Waals surface area contributed by atoms with Gasteiger partial charge in [0.1, 0.15) is 0 Å². The standard InChI is InChI=1S/C47H42BN3/c1-45(2)34-21-11-13-23-39(34)50-40-24-14-12-22-37(40)48-38-26-25-33(49(31-17-7-5-8-18-31)32-19-9-6-10-20-32)29-41(38)51-44-36(30-35(45)43(50)42(44)48)46(3)27-15-16-28-47(46,51)4/h5-14,17-26,29-30H,15-16,27-28H2,1-4H3. The minimum Gasteiger partial charge on any atom is -0.335 e. The van der Waals surface area contributed by atoms with Crippen LogP contribution in [0.2, 0.25) is 0 Å². The lowest BCUT2D eigenvalue weighted by Crippen LogP contribution is -2.65. The first-order chi connectivity index (χ1) is 24.8. The third kappa shape index (κ3) is 3.56. The molecule has 0 bridgehead atoms. The van der Waals surface area contributed by atoms with Gasteiger partial charge in [0, 0.05) is 50.6 Å². The molecular weight excluding hydrogens is 617 g/mol. The zero-order chi connectivity index (χ0) is 34.3. The van der Waals surface area contributed by atoms with E-state index in [-0.39, 0.29) is 23.1 Å². The molecule has 51 heavy (non-hydrogen) atoms. The minimum absolute atomic E-state index is 0.0294. The zero-order valence-electron chi connectivity index (χ0n) is 29.9. The van der Waals surface area contributed by atoms with E-state index in [1.54, 1.807) is 5.56 Å². The van der Waals surface area contributed by atoms with Gasteiger partial charge in [-0.25, -0.2) is 0 Å². The summed E-state index contributed by atoms with van der Waals surface area (Å²) in [6.07, 6.45) is 4.93. The van der Waals surface area contributed by atoms with Crippen molar-refractivity contribution in [3.63, 3.8) is 0 Å². The molecule has 6 aromatic carbocycles.